The molecular weight excluding hydrogens is 232 g/mol. The quantitative estimate of drug-likeness (QED) is 0.811. The zero-order chi connectivity index (χ0) is 13.1. The Balaban J connectivity index is 2.64. The SMILES string of the molecule is CCNCc1cnc2c(c1)c(=O)[nH]c(=O)n2CC. The number of nitrogens with one attached hydrogen (secondary N) is 2. The predicted octanol–water partition coefficient (Wildman–Crippen LogP) is 0.214. The average molecular weight is 248 g/mol. The standard InChI is InChI=1S/C12H16N4O2/c1-3-13-6-8-5-9-10(14-7-8)16(4-2)12(18)15-11(9)17/h5,7,13H,3-4,6H2,1-2H3,(H,15,17,18). The molecule has 6 heteroatoms. The Morgan fingerprint density at radius 2 is 2.17 bits per heavy atom. The molecule has 0 bridgehead atoms. The van der Waals surface area contributed by atoms with Crippen LogP contribution in [0.5, 0.6) is 0 Å². The van der Waals surface area contributed by atoms with E-state index in [0.29, 0.717) is 24.1 Å². The lowest BCUT2D eigenvalue weighted by atomic mass is 10.2. The third-order valence-electron chi connectivity index (χ3n) is 2.78. The molecule has 0 aliphatic heterocycles. The van der Waals surface area contributed by atoms with E-state index >= 15 is 0 Å². The molecule has 0 saturated carbocycles. The summed E-state index contributed by atoms with van der Waals surface area (Å²) in [7, 11) is 0. The van der Waals surface area contributed by atoms with E-state index in [-0.39, 0.29) is 5.56 Å². The summed E-state index contributed by atoms with van der Waals surface area (Å²) in [4.78, 5) is 29.9. The van der Waals surface area contributed by atoms with Crippen LogP contribution in [0.25, 0.3) is 11.0 Å². The Hall–Kier alpha value is -1.95. The Labute approximate surface area is 104 Å². The maximum absolute atomic E-state index is 11.8. The number of nitrogens with zero attached hydrogens (tertiary/aromatic N) is 2. The summed E-state index contributed by atoms with van der Waals surface area (Å²) in [5.74, 6) is 0. The van der Waals surface area contributed by atoms with E-state index in [9.17, 15) is 9.59 Å². The maximum Gasteiger partial charge on any atom is 0.329 e. The van der Waals surface area contributed by atoms with E-state index in [1.807, 2.05) is 13.8 Å². The second-order valence-electron chi connectivity index (χ2n) is 4.00. The number of hydrogen-bond donors (Lipinski definition) is 2. The number of aromatic amines is 1. The van der Waals surface area contributed by atoms with E-state index in [1.165, 1.54) is 4.57 Å². The molecule has 6 nitrogen and oxygen atoms in total. The van der Waals surface area contributed by atoms with E-state index in [4.69, 9.17) is 0 Å². The van der Waals surface area contributed by atoms with Gasteiger partial charge < -0.3 is 5.32 Å². The largest absolute Gasteiger partial charge is 0.329 e. The molecule has 0 spiro atoms. The van der Waals surface area contributed by atoms with Gasteiger partial charge >= 0.3 is 5.69 Å². The molecule has 2 rings (SSSR count). The summed E-state index contributed by atoms with van der Waals surface area (Å²) in [6.07, 6.45) is 1.69. The van der Waals surface area contributed by atoms with Crippen molar-refractivity contribution in [2.45, 2.75) is 26.9 Å². The molecule has 2 N–H and O–H groups in total. The Bertz CT molecular complexity index is 672. The minimum absolute atomic E-state index is 0.384. The van der Waals surface area contributed by atoms with Crippen LogP contribution in [0.1, 0.15) is 19.4 Å². The third-order valence-corrected chi connectivity index (χ3v) is 2.78. The molecule has 0 aromatic carbocycles. The molecule has 96 valence electrons. The number of fused-ring (bicyclic) bond motifs is 1. The van der Waals surface area contributed by atoms with Crippen molar-refractivity contribution in [3.05, 3.63) is 38.7 Å². The second-order valence-corrected chi connectivity index (χ2v) is 4.00. The zero-order valence-electron chi connectivity index (χ0n) is 10.5. The molecule has 0 aliphatic rings. The lowest BCUT2D eigenvalue weighted by Crippen LogP contribution is -2.30. The lowest BCUT2D eigenvalue weighted by Gasteiger charge is -2.07. The molecule has 0 radical (unpaired) electrons. The monoisotopic (exact) mass is 248 g/mol. The molecule has 0 amide bonds. The van der Waals surface area contributed by atoms with Gasteiger partial charge in [0.1, 0.15) is 5.65 Å². The number of H-pyrrole nitrogens is 1. The summed E-state index contributed by atoms with van der Waals surface area (Å²) in [5, 5.41) is 3.62. The molecule has 0 fully saturated rings. The van der Waals surface area contributed by atoms with Crippen LogP contribution in [0.15, 0.2) is 21.9 Å². The minimum atomic E-state index is -0.415. The van der Waals surface area contributed by atoms with Gasteiger partial charge in [-0.1, -0.05) is 6.92 Å². The zero-order valence-corrected chi connectivity index (χ0v) is 10.5. The Kier molecular flexibility index (Phi) is 3.57. The Morgan fingerprint density at radius 3 is 2.83 bits per heavy atom. The van der Waals surface area contributed by atoms with Gasteiger partial charge in [0.15, 0.2) is 0 Å². The normalized spacial score (nSPS) is 11.0. The first-order valence-electron chi connectivity index (χ1n) is 5.99. The maximum atomic E-state index is 11.8. The van der Waals surface area contributed by atoms with Crippen LogP contribution in [0.4, 0.5) is 0 Å². The summed E-state index contributed by atoms with van der Waals surface area (Å²) >= 11 is 0. The highest BCUT2D eigenvalue weighted by molar-refractivity contribution is 5.74. The van der Waals surface area contributed by atoms with E-state index in [1.54, 1.807) is 12.3 Å². The highest BCUT2D eigenvalue weighted by Gasteiger charge is 2.08. The molecule has 0 aliphatic carbocycles. The second kappa shape index (κ2) is 5.14. The van der Waals surface area contributed by atoms with Crippen molar-refractivity contribution in [1.29, 1.82) is 0 Å². The molecule has 2 aromatic rings. The van der Waals surface area contributed by atoms with Crippen molar-refractivity contribution < 1.29 is 0 Å². The molecular formula is C12H16N4O2. The molecule has 0 unspecified atom stereocenters. The first-order valence-corrected chi connectivity index (χ1v) is 5.99. The number of aromatic nitrogens is 3. The van der Waals surface area contributed by atoms with Gasteiger partial charge in [-0.05, 0) is 25.1 Å². The fourth-order valence-corrected chi connectivity index (χ4v) is 1.87. The van der Waals surface area contributed by atoms with Crippen molar-refractivity contribution >= 4 is 11.0 Å². The van der Waals surface area contributed by atoms with Crippen LogP contribution < -0.4 is 16.6 Å². The third kappa shape index (κ3) is 2.19. The van der Waals surface area contributed by atoms with E-state index in [0.717, 1.165) is 12.1 Å². The summed E-state index contributed by atoms with van der Waals surface area (Å²) < 4.78 is 1.45. The molecule has 2 heterocycles. The number of rotatable bonds is 4. The molecule has 0 atom stereocenters. The van der Waals surface area contributed by atoms with Gasteiger partial charge in [0.2, 0.25) is 0 Å². The van der Waals surface area contributed by atoms with Crippen LogP contribution >= 0.6 is 0 Å². The fraction of sp³-hybridized carbons (Fsp3) is 0.417. The molecule has 18 heavy (non-hydrogen) atoms. The van der Waals surface area contributed by atoms with Crippen molar-refractivity contribution in [2.75, 3.05) is 6.54 Å². The summed E-state index contributed by atoms with van der Waals surface area (Å²) in [6.45, 7) is 5.84. The van der Waals surface area contributed by atoms with Gasteiger partial charge in [0, 0.05) is 19.3 Å². The number of aryl methyl sites for hydroxylation is 1. The van der Waals surface area contributed by atoms with Gasteiger partial charge in [0.05, 0.1) is 5.39 Å². The van der Waals surface area contributed by atoms with Crippen molar-refractivity contribution in [3.63, 3.8) is 0 Å². The van der Waals surface area contributed by atoms with E-state index < -0.39 is 5.69 Å². The topological polar surface area (TPSA) is 79.8 Å². The first-order chi connectivity index (χ1) is 8.67. The summed E-state index contributed by atoms with van der Waals surface area (Å²) in [5.41, 5.74) is 0.565. The van der Waals surface area contributed by atoms with Crippen molar-refractivity contribution in [2.24, 2.45) is 0 Å². The van der Waals surface area contributed by atoms with Crippen LogP contribution in [0.2, 0.25) is 0 Å². The van der Waals surface area contributed by atoms with Gasteiger partial charge in [-0.2, -0.15) is 0 Å². The van der Waals surface area contributed by atoms with Gasteiger partial charge in [0.25, 0.3) is 5.56 Å². The number of pyridine rings is 1. The first kappa shape index (κ1) is 12.5. The average Bonchev–Trinajstić information content (AvgIpc) is 2.37. The summed E-state index contributed by atoms with van der Waals surface area (Å²) in [6, 6.07) is 1.77. The lowest BCUT2D eigenvalue weighted by molar-refractivity contribution is 0.710. The van der Waals surface area contributed by atoms with Crippen LogP contribution in [-0.2, 0) is 13.1 Å². The highest BCUT2D eigenvalue weighted by atomic mass is 16.2. The van der Waals surface area contributed by atoms with Crippen molar-refractivity contribution in [3.8, 4) is 0 Å². The fourth-order valence-electron chi connectivity index (χ4n) is 1.87. The van der Waals surface area contributed by atoms with Gasteiger partial charge in [-0.15, -0.1) is 0 Å². The van der Waals surface area contributed by atoms with Crippen molar-refractivity contribution in [1.82, 2.24) is 19.9 Å². The van der Waals surface area contributed by atoms with Crippen LogP contribution in [0.3, 0.4) is 0 Å². The van der Waals surface area contributed by atoms with Gasteiger partial charge in [-0.25, -0.2) is 9.78 Å². The number of hydrogen-bond acceptors (Lipinski definition) is 4. The van der Waals surface area contributed by atoms with Gasteiger partial charge in [-0.3, -0.25) is 14.3 Å². The minimum Gasteiger partial charge on any atom is -0.313 e. The predicted molar refractivity (Wildman–Crippen MR) is 69.7 cm³/mol. The smallest absolute Gasteiger partial charge is 0.313 e. The van der Waals surface area contributed by atoms with E-state index in [2.05, 4.69) is 15.3 Å². The van der Waals surface area contributed by atoms with Crippen LogP contribution in [0, 0.1) is 0 Å². The highest BCUT2D eigenvalue weighted by Crippen LogP contribution is 2.07. The molecule has 2 aromatic heterocycles. The Morgan fingerprint density at radius 1 is 1.39 bits per heavy atom. The van der Waals surface area contributed by atoms with Crippen LogP contribution in [-0.4, -0.2) is 21.1 Å². The molecule has 0 saturated heterocycles.